The molecule has 0 aliphatic heterocycles. The zero-order chi connectivity index (χ0) is 8.32. The first kappa shape index (κ1) is 9.75. The van der Waals surface area contributed by atoms with Crippen LogP contribution in [0.4, 0.5) is 0 Å². The van der Waals surface area contributed by atoms with Gasteiger partial charge in [-0.15, -0.1) is 0 Å². The second-order valence-electron chi connectivity index (χ2n) is 2.20. The number of rotatable bonds is 1. The van der Waals surface area contributed by atoms with Crippen LogP contribution in [-0.4, -0.2) is 2.14 Å². The monoisotopic (exact) mass is 339 g/mol. The van der Waals surface area contributed by atoms with Crippen molar-refractivity contribution in [2.24, 2.45) is 0 Å². The Morgan fingerprint density at radius 3 is 2.18 bits per heavy atom. The number of hydrogen-bond donors (Lipinski definition) is 0. The van der Waals surface area contributed by atoms with Gasteiger partial charge in [0.05, 0.1) is 0 Å². The number of halogens is 3. The van der Waals surface area contributed by atoms with Crippen LogP contribution >= 0.6 is 47.8 Å². The first-order valence-electron chi connectivity index (χ1n) is 3.10. The minimum atomic E-state index is -0.172. The van der Waals surface area contributed by atoms with Crippen molar-refractivity contribution in [1.29, 1.82) is 0 Å². The fourth-order valence-corrected chi connectivity index (χ4v) is 1.74. The Kier molecular flexibility index (Phi) is 3.59. The zero-order valence-corrected chi connectivity index (χ0v) is 10.4. The van der Waals surface area contributed by atoms with Crippen molar-refractivity contribution in [2.75, 3.05) is 0 Å². The van der Waals surface area contributed by atoms with Crippen LogP contribution in [-0.2, 0) is 6.42 Å². The molecule has 0 bridgehead atoms. The first-order chi connectivity index (χ1) is 5.08. The van der Waals surface area contributed by atoms with Gasteiger partial charge in [-0.2, -0.15) is 0 Å². The Morgan fingerprint density at radius 1 is 1.18 bits per heavy atom. The lowest BCUT2D eigenvalue weighted by Gasteiger charge is -2.10. The summed E-state index contributed by atoms with van der Waals surface area (Å²) < 4.78 is -0.172. The quantitative estimate of drug-likeness (QED) is 0.680. The second kappa shape index (κ2) is 4.06. The summed E-state index contributed by atoms with van der Waals surface area (Å²) in [6.45, 7) is 0. The molecular formula is C8H6Br3. The van der Waals surface area contributed by atoms with E-state index in [1.165, 1.54) is 5.56 Å². The summed E-state index contributed by atoms with van der Waals surface area (Å²) in [6.07, 6.45) is 0.891. The molecule has 0 saturated heterocycles. The van der Waals surface area contributed by atoms with Crippen molar-refractivity contribution >= 4 is 47.8 Å². The van der Waals surface area contributed by atoms with Crippen LogP contribution in [0.1, 0.15) is 5.56 Å². The van der Waals surface area contributed by atoms with Crippen molar-refractivity contribution in [3.05, 3.63) is 35.9 Å². The third kappa shape index (κ3) is 4.28. The Morgan fingerprint density at radius 2 is 1.73 bits per heavy atom. The summed E-state index contributed by atoms with van der Waals surface area (Å²) in [5, 5.41) is 0. The lowest BCUT2D eigenvalue weighted by molar-refractivity contribution is 1.10. The molecule has 0 aromatic heterocycles. The lowest BCUT2D eigenvalue weighted by atomic mass is 10.2. The van der Waals surface area contributed by atoms with E-state index in [1.807, 2.05) is 24.3 Å². The highest BCUT2D eigenvalue weighted by Gasteiger charge is 2.17. The standard InChI is InChI=1S/C8H6Br3/c9-8(10,11)6-7-4-2-1-3-5-7/h2-5H,6H2. The lowest BCUT2D eigenvalue weighted by Crippen LogP contribution is -2.03. The molecule has 0 heterocycles. The molecule has 1 aromatic carbocycles. The van der Waals surface area contributed by atoms with Gasteiger partial charge in [-0.05, 0) is 11.6 Å². The average molecular weight is 342 g/mol. The van der Waals surface area contributed by atoms with Gasteiger partial charge in [0, 0.05) is 6.42 Å². The third-order valence-corrected chi connectivity index (χ3v) is 2.03. The SMILES string of the molecule is BrC(Br)(Br)Cc1cc[c]cc1. The largest absolute Gasteiger partial charge is 0.139 e. The van der Waals surface area contributed by atoms with Gasteiger partial charge in [0.1, 0.15) is 2.14 Å². The average Bonchev–Trinajstić information content (AvgIpc) is 1.85. The van der Waals surface area contributed by atoms with Crippen LogP contribution < -0.4 is 0 Å². The van der Waals surface area contributed by atoms with Gasteiger partial charge >= 0.3 is 0 Å². The summed E-state index contributed by atoms with van der Waals surface area (Å²) in [4.78, 5) is 0. The fourth-order valence-electron chi connectivity index (χ4n) is 0.771. The molecule has 1 radical (unpaired) electrons. The van der Waals surface area contributed by atoms with E-state index < -0.39 is 0 Å². The van der Waals surface area contributed by atoms with Crippen molar-refractivity contribution in [2.45, 2.75) is 8.56 Å². The van der Waals surface area contributed by atoms with Crippen LogP contribution in [0.25, 0.3) is 0 Å². The molecule has 0 nitrogen and oxygen atoms in total. The summed E-state index contributed by atoms with van der Waals surface area (Å²) in [5.41, 5.74) is 1.26. The number of hydrogen-bond acceptors (Lipinski definition) is 0. The molecule has 3 heteroatoms. The van der Waals surface area contributed by atoms with E-state index in [-0.39, 0.29) is 2.14 Å². The summed E-state index contributed by atoms with van der Waals surface area (Å²) >= 11 is 10.3. The third-order valence-electron chi connectivity index (χ3n) is 1.19. The molecule has 1 rings (SSSR count). The van der Waals surface area contributed by atoms with Crippen molar-refractivity contribution < 1.29 is 0 Å². The van der Waals surface area contributed by atoms with Gasteiger partial charge < -0.3 is 0 Å². The maximum Gasteiger partial charge on any atom is 0.139 e. The van der Waals surface area contributed by atoms with Gasteiger partial charge in [-0.1, -0.05) is 72.1 Å². The molecule has 1 aromatic rings. The minimum Gasteiger partial charge on any atom is -0.0596 e. The van der Waals surface area contributed by atoms with Gasteiger partial charge in [0.15, 0.2) is 0 Å². The summed E-state index contributed by atoms with van der Waals surface area (Å²) in [5.74, 6) is 0. The first-order valence-corrected chi connectivity index (χ1v) is 5.47. The Balaban J connectivity index is 2.66. The Bertz CT molecular complexity index is 213. The van der Waals surface area contributed by atoms with Crippen LogP contribution in [0, 0.1) is 6.07 Å². The molecule has 0 saturated carbocycles. The van der Waals surface area contributed by atoms with Gasteiger partial charge in [0.2, 0.25) is 0 Å². The van der Waals surface area contributed by atoms with Gasteiger partial charge in [-0.3, -0.25) is 0 Å². The Labute approximate surface area is 91.8 Å². The maximum absolute atomic E-state index is 3.44. The number of benzene rings is 1. The predicted octanol–water partition coefficient (Wildman–Crippen LogP) is 3.87. The second-order valence-corrected chi connectivity index (χ2v) is 9.45. The molecule has 11 heavy (non-hydrogen) atoms. The highest BCUT2D eigenvalue weighted by atomic mass is 80.0. The summed E-state index contributed by atoms with van der Waals surface area (Å²) in [7, 11) is 0. The minimum absolute atomic E-state index is 0.172. The van der Waals surface area contributed by atoms with Crippen molar-refractivity contribution in [3.63, 3.8) is 0 Å². The normalized spacial score (nSPS) is 11.5. The highest BCUT2D eigenvalue weighted by molar-refractivity contribution is 9.39. The maximum atomic E-state index is 3.44. The van der Waals surface area contributed by atoms with Crippen LogP contribution in [0.3, 0.4) is 0 Å². The van der Waals surface area contributed by atoms with E-state index >= 15 is 0 Å². The molecule has 0 aliphatic rings. The predicted molar refractivity (Wildman–Crippen MR) is 58.5 cm³/mol. The smallest absolute Gasteiger partial charge is 0.0596 e. The van der Waals surface area contributed by atoms with Gasteiger partial charge in [0.25, 0.3) is 0 Å². The van der Waals surface area contributed by atoms with Crippen molar-refractivity contribution in [1.82, 2.24) is 0 Å². The molecule has 0 amide bonds. The van der Waals surface area contributed by atoms with E-state index in [9.17, 15) is 0 Å². The van der Waals surface area contributed by atoms with E-state index in [0.29, 0.717) is 0 Å². The van der Waals surface area contributed by atoms with E-state index in [4.69, 9.17) is 0 Å². The molecular weight excluding hydrogens is 336 g/mol. The molecule has 0 unspecified atom stereocenters. The topological polar surface area (TPSA) is 0 Å². The fraction of sp³-hybridized carbons (Fsp3) is 0.250. The van der Waals surface area contributed by atoms with E-state index in [1.54, 1.807) is 0 Å². The van der Waals surface area contributed by atoms with Crippen LogP contribution in [0.5, 0.6) is 0 Å². The summed E-state index contributed by atoms with van der Waals surface area (Å²) in [6, 6.07) is 10.9. The number of alkyl halides is 3. The van der Waals surface area contributed by atoms with E-state index in [2.05, 4.69) is 53.9 Å². The zero-order valence-electron chi connectivity index (χ0n) is 5.65. The molecule has 0 fully saturated rings. The van der Waals surface area contributed by atoms with Gasteiger partial charge in [-0.25, -0.2) is 0 Å². The molecule has 0 spiro atoms. The van der Waals surface area contributed by atoms with Crippen LogP contribution in [0.15, 0.2) is 24.3 Å². The molecule has 0 aliphatic carbocycles. The Hall–Kier alpha value is 0.660. The van der Waals surface area contributed by atoms with Crippen molar-refractivity contribution in [3.8, 4) is 0 Å². The van der Waals surface area contributed by atoms with E-state index in [0.717, 1.165) is 6.42 Å². The molecule has 0 N–H and O–H groups in total. The molecule has 0 atom stereocenters. The highest BCUT2D eigenvalue weighted by Crippen LogP contribution is 2.36. The van der Waals surface area contributed by atoms with Crippen LogP contribution in [0.2, 0.25) is 0 Å². The molecule has 59 valence electrons.